The maximum atomic E-state index is 12.9. The Hall–Kier alpha value is -2.82. The zero-order chi connectivity index (χ0) is 18.5. The summed E-state index contributed by atoms with van der Waals surface area (Å²) in [4.78, 5) is 27.2. The molecule has 0 unspecified atom stereocenters. The van der Waals surface area contributed by atoms with Gasteiger partial charge in [-0.15, -0.1) is 0 Å². The van der Waals surface area contributed by atoms with Crippen LogP contribution in [-0.4, -0.2) is 18.9 Å². The van der Waals surface area contributed by atoms with E-state index in [0.717, 1.165) is 19.3 Å². The lowest BCUT2D eigenvalue weighted by Gasteiger charge is -2.19. The van der Waals surface area contributed by atoms with Crippen LogP contribution in [0.25, 0.3) is 0 Å². The third-order valence-electron chi connectivity index (χ3n) is 6.32. The van der Waals surface area contributed by atoms with Crippen LogP contribution in [0.2, 0.25) is 0 Å². The molecule has 1 aliphatic heterocycles. The summed E-state index contributed by atoms with van der Waals surface area (Å²) in [6.45, 7) is 0. The molecule has 138 valence electrons. The Morgan fingerprint density at radius 1 is 0.852 bits per heavy atom. The number of benzene rings is 2. The van der Waals surface area contributed by atoms with Crippen LogP contribution in [0.1, 0.15) is 19.3 Å². The summed E-state index contributed by atoms with van der Waals surface area (Å²) in [6, 6.07) is 14.5. The number of amides is 2. The van der Waals surface area contributed by atoms with Crippen molar-refractivity contribution in [1.82, 2.24) is 0 Å². The van der Waals surface area contributed by atoms with Crippen molar-refractivity contribution in [1.29, 1.82) is 0 Å². The molecule has 2 bridgehead atoms. The molecule has 2 aliphatic carbocycles. The van der Waals surface area contributed by atoms with Crippen molar-refractivity contribution >= 4 is 17.5 Å². The first-order chi connectivity index (χ1) is 13.2. The molecule has 3 aliphatic rings. The number of imide groups is 1. The first kappa shape index (κ1) is 16.4. The summed E-state index contributed by atoms with van der Waals surface area (Å²) >= 11 is 0. The largest absolute Gasteiger partial charge is 0.493 e. The van der Waals surface area contributed by atoms with Gasteiger partial charge in [0, 0.05) is 0 Å². The number of fused-ring (bicyclic) bond motifs is 5. The number of hydrogen-bond acceptors (Lipinski definition) is 4. The van der Waals surface area contributed by atoms with Gasteiger partial charge in [0.15, 0.2) is 11.5 Å². The molecule has 1 saturated heterocycles. The Labute approximate surface area is 157 Å². The van der Waals surface area contributed by atoms with Crippen LogP contribution in [0.15, 0.2) is 48.5 Å². The number of rotatable bonds is 4. The molecule has 1 heterocycles. The second-order valence-corrected chi connectivity index (χ2v) is 7.64. The first-order valence-electron chi connectivity index (χ1n) is 9.46. The normalized spacial score (nSPS) is 28.6. The van der Waals surface area contributed by atoms with E-state index in [1.165, 1.54) is 4.90 Å². The predicted octanol–water partition coefficient (Wildman–Crippen LogP) is 4.02. The van der Waals surface area contributed by atoms with E-state index in [1.807, 2.05) is 24.3 Å². The lowest BCUT2D eigenvalue weighted by atomic mass is 9.81. The van der Waals surface area contributed by atoms with Crippen molar-refractivity contribution in [3.8, 4) is 17.2 Å². The summed E-state index contributed by atoms with van der Waals surface area (Å²) in [7, 11) is 1.60. The fraction of sp³-hybridized carbons (Fsp3) is 0.364. The van der Waals surface area contributed by atoms with Crippen molar-refractivity contribution in [3.63, 3.8) is 0 Å². The molecule has 3 fully saturated rings. The van der Waals surface area contributed by atoms with Gasteiger partial charge in [-0.1, -0.05) is 12.1 Å². The van der Waals surface area contributed by atoms with E-state index in [4.69, 9.17) is 9.47 Å². The fourth-order valence-electron chi connectivity index (χ4n) is 5.16. The minimum absolute atomic E-state index is 0.0180. The molecular formula is C22H21NO4. The maximum Gasteiger partial charge on any atom is 0.237 e. The summed E-state index contributed by atoms with van der Waals surface area (Å²) in [5.41, 5.74) is 0.631. The molecule has 5 heteroatoms. The predicted molar refractivity (Wildman–Crippen MR) is 99.8 cm³/mol. The van der Waals surface area contributed by atoms with Crippen LogP contribution in [-0.2, 0) is 9.59 Å². The van der Waals surface area contributed by atoms with Gasteiger partial charge in [-0.3, -0.25) is 14.5 Å². The molecule has 0 N–H and O–H groups in total. The molecule has 0 radical (unpaired) electrons. The Bertz CT molecular complexity index is 879. The van der Waals surface area contributed by atoms with Crippen molar-refractivity contribution in [2.75, 3.05) is 12.0 Å². The average Bonchev–Trinajstić information content (AvgIpc) is 3.37. The molecule has 0 spiro atoms. The quantitative estimate of drug-likeness (QED) is 0.770. The molecule has 27 heavy (non-hydrogen) atoms. The zero-order valence-corrected chi connectivity index (χ0v) is 15.1. The number of nitrogens with zero attached hydrogens (tertiary/aromatic N) is 1. The number of methoxy groups -OCH3 is 1. The smallest absolute Gasteiger partial charge is 0.237 e. The van der Waals surface area contributed by atoms with Crippen LogP contribution in [0.4, 0.5) is 5.69 Å². The van der Waals surface area contributed by atoms with Gasteiger partial charge in [-0.05, 0) is 67.5 Å². The molecular weight excluding hydrogens is 342 g/mol. The topological polar surface area (TPSA) is 55.8 Å². The zero-order valence-electron chi connectivity index (χ0n) is 15.1. The molecule has 2 aromatic carbocycles. The molecule has 2 amide bonds. The van der Waals surface area contributed by atoms with Crippen molar-refractivity contribution in [2.24, 2.45) is 23.7 Å². The van der Waals surface area contributed by atoms with Crippen LogP contribution >= 0.6 is 0 Å². The molecule has 2 aromatic rings. The van der Waals surface area contributed by atoms with E-state index >= 15 is 0 Å². The number of carbonyl (C=O) groups is 2. The van der Waals surface area contributed by atoms with Gasteiger partial charge in [-0.2, -0.15) is 0 Å². The van der Waals surface area contributed by atoms with Gasteiger partial charge in [0.25, 0.3) is 0 Å². The highest BCUT2D eigenvalue weighted by Gasteiger charge is 2.61. The second-order valence-electron chi connectivity index (χ2n) is 7.64. The van der Waals surface area contributed by atoms with Crippen molar-refractivity contribution < 1.29 is 19.1 Å². The summed E-state index contributed by atoms with van der Waals surface area (Å²) in [5, 5.41) is 0. The van der Waals surface area contributed by atoms with Gasteiger partial charge >= 0.3 is 0 Å². The lowest BCUT2D eigenvalue weighted by Crippen LogP contribution is -2.32. The Balaban J connectivity index is 1.38. The van der Waals surface area contributed by atoms with E-state index in [-0.39, 0.29) is 23.7 Å². The number of anilines is 1. The SMILES string of the molecule is COc1ccccc1Oc1ccc(N2C(=O)[C@H]3[C@H]4CC[C@@H](C4)[C@@H]3C2=O)cc1. The maximum absolute atomic E-state index is 12.9. The number of para-hydroxylation sites is 2. The Kier molecular flexibility index (Phi) is 3.71. The van der Waals surface area contributed by atoms with Gasteiger partial charge in [0.05, 0.1) is 24.6 Å². The van der Waals surface area contributed by atoms with Gasteiger partial charge < -0.3 is 9.47 Å². The van der Waals surface area contributed by atoms with E-state index in [0.29, 0.717) is 34.8 Å². The van der Waals surface area contributed by atoms with Crippen molar-refractivity contribution in [2.45, 2.75) is 19.3 Å². The van der Waals surface area contributed by atoms with Crippen LogP contribution in [0.3, 0.4) is 0 Å². The first-order valence-corrected chi connectivity index (χ1v) is 9.46. The highest BCUT2D eigenvalue weighted by molar-refractivity contribution is 6.22. The highest BCUT2D eigenvalue weighted by atomic mass is 16.5. The standard InChI is InChI=1S/C22H21NO4/c1-26-17-4-2-3-5-18(17)27-16-10-8-15(9-11-16)23-21(24)19-13-6-7-14(12-13)20(19)22(23)25/h2-5,8-11,13-14,19-20H,6-7,12H2,1H3/t13-,14-,19-,20-/m0/s1. The minimum atomic E-state index is -0.0965. The monoisotopic (exact) mass is 363 g/mol. The van der Waals surface area contributed by atoms with E-state index in [1.54, 1.807) is 31.4 Å². The lowest BCUT2D eigenvalue weighted by molar-refractivity contribution is -0.123. The molecule has 5 rings (SSSR count). The van der Waals surface area contributed by atoms with E-state index < -0.39 is 0 Å². The molecule has 4 atom stereocenters. The third kappa shape index (κ3) is 2.45. The molecule has 2 saturated carbocycles. The van der Waals surface area contributed by atoms with Gasteiger partial charge in [-0.25, -0.2) is 0 Å². The summed E-state index contributed by atoms with van der Waals surface area (Å²) < 4.78 is 11.2. The number of hydrogen-bond donors (Lipinski definition) is 0. The van der Waals surface area contributed by atoms with Crippen LogP contribution in [0.5, 0.6) is 17.2 Å². The highest BCUT2D eigenvalue weighted by Crippen LogP contribution is 2.56. The van der Waals surface area contributed by atoms with Gasteiger partial charge in [0.2, 0.25) is 11.8 Å². The van der Waals surface area contributed by atoms with E-state index in [2.05, 4.69) is 0 Å². The second kappa shape index (κ2) is 6.12. The van der Waals surface area contributed by atoms with Gasteiger partial charge in [0.1, 0.15) is 5.75 Å². The van der Waals surface area contributed by atoms with Crippen LogP contribution < -0.4 is 14.4 Å². The average molecular weight is 363 g/mol. The number of carbonyl (C=O) groups excluding carboxylic acids is 2. The Morgan fingerprint density at radius 3 is 2.04 bits per heavy atom. The van der Waals surface area contributed by atoms with Crippen LogP contribution in [0, 0.1) is 23.7 Å². The summed E-state index contributed by atoms with van der Waals surface area (Å²) in [6.07, 6.45) is 3.22. The van der Waals surface area contributed by atoms with E-state index in [9.17, 15) is 9.59 Å². The molecule has 0 aromatic heterocycles. The summed E-state index contributed by atoms with van der Waals surface area (Å²) in [5.74, 6) is 2.46. The van der Waals surface area contributed by atoms with Crippen molar-refractivity contribution in [3.05, 3.63) is 48.5 Å². The fourth-order valence-corrected chi connectivity index (χ4v) is 5.16. The Morgan fingerprint density at radius 2 is 1.44 bits per heavy atom. The molecule has 5 nitrogen and oxygen atoms in total. The minimum Gasteiger partial charge on any atom is -0.493 e. The number of ether oxygens (including phenoxy) is 2. The third-order valence-corrected chi connectivity index (χ3v) is 6.32.